The minimum Gasteiger partial charge on any atom is -0.370 e. The predicted molar refractivity (Wildman–Crippen MR) is 47.8 cm³/mol. The summed E-state index contributed by atoms with van der Waals surface area (Å²) in [6.45, 7) is 1.99. The standard InChI is InChI=1S/C7H16N4O/c1-5(12)6(8)3-4-11(2)7(9)10/h6H,3-4,8H2,1-2H3,(H3,9,10). The Morgan fingerprint density at radius 2 is 2.17 bits per heavy atom. The van der Waals surface area contributed by atoms with E-state index < -0.39 is 6.04 Å². The Morgan fingerprint density at radius 1 is 1.67 bits per heavy atom. The van der Waals surface area contributed by atoms with Gasteiger partial charge >= 0.3 is 0 Å². The highest BCUT2D eigenvalue weighted by molar-refractivity contribution is 5.81. The lowest BCUT2D eigenvalue weighted by molar-refractivity contribution is -0.118. The van der Waals surface area contributed by atoms with Crippen molar-refractivity contribution in [1.29, 1.82) is 5.41 Å². The lowest BCUT2D eigenvalue weighted by Crippen LogP contribution is -2.38. The molecule has 0 aliphatic carbocycles. The monoisotopic (exact) mass is 172 g/mol. The van der Waals surface area contributed by atoms with E-state index >= 15 is 0 Å². The van der Waals surface area contributed by atoms with Crippen molar-refractivity contribution in [3.8, 4) is 0 Å². The van der Waals surface area contributed by atoms with E-state index in [9.17, 15) is 4.79 Å². The number of carbonyl (C=O) groups is 1. The van der Waals surface area contributed by atoms with Crippen LogP contribution in [0.2, 0.25) is 0 Å². The summed E-state index contributed by atoms with van der Waals surface area (Å²) >= 11 is 0. The number of guanidine groups is 1. The zero-order valence-electron chi connectivity index (χ0n) is 7.50. The fourth-order valence-corrected chi connectivity index (χ4v) is 0.656. The summed E-state index contributed by atoms with van der Waals surface area (Å²) in [5.74, 6) is -0.0438. The van der Waals surface area contributed by atoms with Crippen molar-refractivity contribution in [2.75, 3.05) is 13.6 Å². The highest BCUT2D eigenvalue weighted by Crippen LogP contribution is 1.92. The van der Waals surface area contributed by atoms with Crippen molar-refractivity contribution in [2.45, 2.75) is 19.4 Å². The van der Waals surface area contributed by atoms with E-state index in [1.54, 1.807) is 11.9 Å². The van der Waals surface area contributed by atoms with E-state index in [0.717, 1.165) is 0 Å². The zero-order chi connectivity index (χ0) is 9.72. The number of Topliss-reactive ketones (excluding diaryl/α,β-unsaturated/α-hetero) is 1. The van der Waals surface area contributed by atoms with Crippen LogP contribution >= 0.6 is 0 Å². The number of hydrogen-bond donors (Lipinski definition) is 3. The zero-order valence-corrected chi connectivity index (χ0v) is 7.50. The van der Waals surface area contributed by atoms with E-state index in [2.05, 4.69) is 0 Å². The second kappa shape index (κ2) is 4.71. The molecular weight excluding hydrogens is 156 g/mol. The maximum absolute atomic E-state index is 10.7. The molecule has 0 fully saturated rings. The molecule has 0 amide bonds. The Bertz CT molecular complexity index is 160. The van der Waals surface area contributed by atoms with Gasteiger partial charge in [-0.25, -0.2) is 0 Å². The minimum absolute atomic E-state index is 0.00856. The van der Waals surface area contributed by atoms with Crippen LogP contribution in [0.1, 0.15) is 13.3 Å². The molecule has 0 heterocycles. The first kappa shape index (κ1) is 10.9. The molecule has 0 spiro atoms. The Balaban J connectivity index is 3.68. The van der Waals surface area contributed by atoms with Gasteiger partial charge in [-0.3, -0.25) is 10.2 Å². The molecule has 0 bridgehead atoms. The molecule has 0 saturated heterocycles. The molecule has 5 N–H and O–H groups in total. The van der Waals surface area contributed by atoms with Crippen molar-refractivity contribution in [1.82, 2.24) is 4.90 Å². The van der Waals surface area contributed by atoms with Gasteiger partial charge in [0, 0.05) is 13.6 Å². The van der Waals surface area contributed by atoms with Gasteiger partial charge in [-0.2, -0.15) is 0 Å². The predicted octanol–water partition coefficient (Wildman–Crippen LogP) is -0.882. The van der Waals surface area contributed by atoms with Gasteiger partial charge in [-0.1, -0.05) is 0 Å². The van der Waals surface area contributed by atoms with Crippen LogP contribution in [0, 0.1) is 5.41 Å². The third-order valence-corrected chi connectivity index (χ3v) is 1.71. The summed E-state index contributed by atoms with van der Waals surface area (Å²) in [7, 11) is 1.69. The molecule has 12 heavy (non-hydrogen) atoms. The SMILES string of the molecule is CC(=O)C(N)CCN(C)C(=N)N. The molecule has 5 nitrogen and oxygen atoms in total. The quantitative estimate of drug-likeness (QED) is 0.379. The second-order valence-electron chi connectivity index (χ2n) is 2.81. The Kier molecular flexibility index (Phi) is 4.28. The number of rotatable bonds is 4. The van der Waals surface area contributed by atoms with E-state index in [-0.39, 0.29) is 11.7 Å². The van der Waals surface area contributed by atoms with E-state index in [0.29, 0.717) is 13.0 Å². The number of ketones is 1. The Hall–Kier alpha value is -1.10. The maximum Gasteiger partial charge on any atom is 0.188 e. The minimum atomic E-state index is -0.438. The van der Waals surface area contributed by atoms with Crippen LogP contribution in [0.4, 0.5) is 0 Å². The van der Waals surface area contributed by atoms with Crippen LogP contribution in [-0.2, 0) is 4.79 Å². The highest BCUT2D eigenvalue weighted by atomic mass is 16.1. The number of carbonyl (C=O) groups excluding carboxylic acids is 1. The lowest BCUT2D eigenvalue weighted by atomic mass is 10.1. The third kappa shape index (κ3) is 3.92. The van der Waals surface area contributed by atoms with Crippen molar-refractivity contribution in [2.24, 2.45) is 11.5 Å². The van der Waals surface area contributed by atoms with E-state index in [1.165, 1.54) is 6.92 Å². The van der Waals surface area contributed by atoms with Crippen molar-refractivity contribution < 1.29 is 4.79 Å². The molecule has 1 unspecified atom stereocenters. The van der Waals surface area contributed by atoms with E-state index in [4.69, 9.17) is 16.9 Å². The molecule has 1 atom stereocenters. The average molecular weight is 172 g/mol. The molecule has 0 aromatic rings. The average Bonchev–Trinajstić information content (AvgIpc) is 1.98. The molecule has 0 aliphatic rings. The molecule has 0 aliphatic heterocycles. The van der Waals surface area contributed by atoms with Crippen LogP contribution in [-0.4, -0.2) is 36.3 Å². The summed E-state index contributed by atoms with van der Waals surface area (Å²) in [5, 5.41) is 7.03. The van der Waals surface area contributed by atoms with Gasteiger partial charge in [-0.05, 0) is 13.3 Å². The molecule has 0 aromatic carbocycles. The van der Waals surface area contributed by atoms with Crippen LogP contribution in [0.15, 0.2) is 0 Å². The lowest BCUT2D eigenvalue weighted by Gasteiger charge is -2.17. The smallest absolute Gasteiger partial charge is 0.188 e. The van der Waals surface area contributed by atoms with Crippen molar-refractivity contribution >= 4 is 11.7 Å². The molecule has 70 valence electrons. The topological polar surface area (TPSA) is 96.2 Å². The molecule has 0 saturated carbocycles. The Morgan fingerprint density at radius 3 is 2.50 bits per heavy atom. The van der Waals surface area contributed by atoms with Crippen molar-refractivity contribution in [3.63, 3.8) is 0 Å². The molecule has 0 radical (unpaired) electrons. The first-order valence-corrected chi connectivity index (χ1v) is 3.76. The first-order chi connectivity index (χ1) is 5.45. The van der Waals surface area contributed by atoms with Gasteiger partial charge in [-0.15, -0.1) is 0 Å². The largest absolute Gasteiger partial charge is 0.370 e. The van der Waals surface area contributed by atoms with Crippen LogP contribution in [0.25, 0.3) is 0 Å². The molecule has 0 rings (SSSR count). The maximum atomic E-state index is 10.7. The molecule has 0 aromatic heterocycles. The number of hydrogen-bond acceptors (Lipinski definition) is 3. The normalized spacial score (nSPS) is 12.2. The van der Waals surface area contributed by atoms with Gasteiger partial charge in [0.05, 0.1) is 6.04 Å². The summed E-state index contributed by atoms with van der Waals surface area (Å²) in [6.07, 6.45) is 0.533. The Labute approximate surface area is 72.2 Å². The summed E-state index contributed by atoms with van der Waals surface area (Å²) < 4.78 is 0. The van der Waals surface area contributed by atoms with Crippen LogP contribution < -0.4 is 11.5 Å². The van der Waals surface area contributed by atoms with Crippen LogP contribution in [0.3, 0.4) is 0 Å². The fraction of sp³-hybridized carbons (Fsp3) is 0.714. The highest BCUT2D eigenvalue weighted by Gasteiger charge is 2.09. The van der Waals surface area contributed by atoms with Crippen molar-refractivity contribution in [3.05, 3.63) is 0 Å². The fourth-order valence-electron chi connectivity index (χ4n) is 0.656. The summed E-state index contributed by atoms with van der Waals surface area (Å²) in [6, 6.07) is -0.438. The molecular formula is C7H16N4O. The van der Waals surface area contributed by atoms with Gasteiger partial charge in [0.2, 0.25) is 0 Å². The van der Waals surface area contributed by atoms with Crippen LogP contribution in [0.5, 0.6) is 0 Å². The van der Waals surface area contributed by atoms with Gasteiger partial charge in [0.25, 0.3) is 0 Å². The number of nitrogens with two attached hydrogens (primary N) is 2. The van der Waals surface area contributed by atoms with Gasteiger partial charge in [0.1, 0.15) is 5.78 Å². The van der Waals surface area contributed by atoms with E-state index in [1.807, 2.05) is 0 Å². The first-order valence-electron chi connectivity index (χ1n) is 3.76. The summed E-state index contributed by atoms with van der Waals surface area (Å²) in [5.41, 5.74) is 10.7. The number of nitrogens with zero attached hydrogens (tertiary/aromatic N) is 1. The number of nitrogens with one attached hydrogen (secondary N) is 1. The van der Waals surface area contributed by atoms with Gasteiger partial charge in [0.15, 0.2) is 5.96 Å². The third-order valence-electron chi connectivity index (χ3n) is 1.71. The van der Waals surface area contributed by atoms with Gasteiger partial charge < -0.3 is 16.4 Å². The second-order valence-corrected chi connectivity index (χ2v) is 2.81. The summed E-state index contributed by atoms with van der Waals surface area (Å²) in [4.78, 5) is 12.2. The molecule has 5 heteroatoms.